The number of nitrogens with zero attached hydrogens (tertiary/aromatic N) is 2. The zero-order valence-electron chi connectivity index (χ0n) is 21.4. The van der Waals surface area contributed by atoms with Crippen LogP contribution in [0.5, 0.6) is 0 Å². The lowest BCUT2D eigenvalue weighted by atomic mass is 10.1. The maximum Gasteiger partial charge on any atom is 0.254 e. The van der Waals surface area contributed by atoms with Gasteiger partial charge in [0.1, 0.15) is 17.9 Å². The largest absolute Gasteiger partial charge is 0.464 e. The first kappa shape index (κ1) is 28.0. The number of hydrogen-bond acceptors (Lipinski definition) is 5. The van der Waals surface area contributed by atoms with Gasteiger partial charge in [0.15, 0.2) is 5.43 Å². The van der Waals surface area contributed by atoms with Crippen LogP contribution in [-0.4, -0.2) is 48.4 Å². The van der Waals surface area contributed by atoms with Crippen LogP contribution in [0, 0.1) is 5.82 Å². The lowest BCUT2D eigenvalue weighted by molar-refractivity contribution is -0.133. The minimum Gasteiger partial charge on any atom is -0.464 e. The molecule has 202 valence electrons. The first-order chi connectivity index (χ1) is 18.9. The fourth-order valence-corrected chi connectivity index (χ4v) is 4.39. The van der Waals surface area contributed by atoms with Crippen LogP contribution in [0.15, 0.2) is 88.3 Å². The monoisotopic (exact) mass is 550 g/mol. The van der Waals surface area contributed by atoms with E-state index in [9.17, 15) is 18.8 Å². The Hall–Kier alpha value is -4.01. The Bertz CT molecular complexity index is 1510. The number of para-hydroxylation sites is 1. The van der Waals surface area contributed by atoms with Gasteiger partial charge in [0.2, 0.25) is 5.91 Å². The van der Waals surface area contributed by atoms with Crippen molar-refractivity contribution in [3.05, 3.63) is 117 Å². The Morgan fingerprint density at radius 2 is 1.74 bits per heavy atom. The van der Waals surface area contributed by atoms with Crippen molar-refractivity contribution in [3.8, 4) is 0 Å². The molecule has 0 fully saturated rings. The second-order valence-corrected chi connectivity index (χ2v) is 9.48. The normalized spacial score (nSPS) is 10.9. The average molecular weight is 551 g/mol. The number of carbonyl (C=O) groups is 2. The highest BCUT2D eigenvalue weighted by Crippen LogP contribution is 2.17. The minimum atomic E-state index is -0.400. The molecular weight excluding hydrogens is 523 g/mol. The minimum absolute atomic E-state index is 0.0549. The average Bonchev–Trinajstić information content (AvgIpc) is 2.94. The van der Waals surface area contributed by atoms with Crippen LogP contribution >= 0.6 is 11.6 Å². The summed E-state index contributed by atoms with van der Waals surface area (Å²) in [6.45, 7) is 0.483. The van der Waals surface area contributed by atoms with Crippen LogP contribution < -0.4 is 5.43 Å². The van der Waals surface area contributed by atoms with Crippen molar-refractivity contribution in [1.82, 2.24) is 9.80 Å². The van der Waals surface area contributed by atoms with Gasteiger partial charge in [0.05, 0.1) is 23.8 Å². The molecule has 0 aliphatic rings. The molecule has 0 atom stereocenters. The number of amides is 2. The molecule has 0 unspecified atom stereocenters. The molecule has 0 aliphatic heterocycles. The Kier molecular flexibility index (Phi) is 9.46. The summed E-state index contributed by atoms with van der Waals surface area (Å²) < 4.78 is 24.3. The van der Waals surface area contributed by atoms with Crippen molar-refractivity contribution in [3.63, 3.8) is 0 Å². The predicted molar refractivity (Wildman–Crippen MR) is 147 cm³/mol. The molecule has 3 aromatic carbocycles. The molecule has 4 rings (SSSR count). The van der Waals surface area contributed by atoms with E-state index >= 15 is 0 Å². The third-order valence-electron chi connectivity index (χ3n) is 6.21. The third kappa shape index (κ3) is 7.31. The Balaban J connectivity index is 1.63. The van der Waals surface area contributed by atoms with Gasteiger partial charge in [-0.3, -0.25) is 14.4 Å². The summed E-state index contributed by atoms with van der Waals surface area (Å²) in [7, 11) is 1.56. The third-order valence-corrected chi connectivity index (χ3v) is 6.45. The second kappa shape index (κ2) is 13.2. The molecule has 0 bridgehead atoms. The van der Waals surface area contributed by atoms with Gasteiger partial charge in [-0.1, -0.05) is 41.9 Å². The molecule has 2 amide bonds. The molecule has 0 saturated carbocycles. The van der Waals surface area contributed by atoms with Gasteiger partial charge >= 0.3 is 0 Å². The molecule has 1 aromatic heterocycles. The lowest BCUT2D eigenvalue weighted by Gasteiger charge is -2.28. The summed E-state index contributed by atoms with van der Waals surface area (Å²) in [5.41, 5.74) is 1.51. The molecule has 0 aliphatic carbocycles. The van der Waals surface area contributed by atoms with E-state index < -0.39 is 5.82 Å². The van der Waals surface area contributed by atoms with E-state index in [2.05, 4.69) is 0 Å². The van der Waals surface area contributed by atoms with Gasteiger partial charge in [-0.2, -0.15) is 0 Å². The van der Waals surface area contributed by atoms with Crippen molar-refractivity contribution in [1.29, 1.82) is 0 Å². The summed E-state index contributed by atoms with van der Waals surface area (Å²) >= 11 is 6.09. The van der Waals surface area contributed by atoms with Crippen LogP contribution in [0.2, 0.25) is 5.02 Å². The molecule has 1 heterocycles. The fraction of sp³-hybridized carbons (Fsp3) is 0.233. The van der Waals surface area contributed by atoms with Crippen LogP contribution in [-0.2, 0) is 22.6 Å². The summed E-state index contributed by atoms with van der Waals surface area (Å²) in [5, 5.41) is 0.812. The molecule has 9 heteroatoms. The summed E-state index contributed by atoms with van der Waals surface area (Å²) in [4.78, 5) is 43.1. The maximum absolute atomic E-state index is 13.7. The van der Waals surface area contributed by atoms with E-state index in [-0.39, 0.29) is 49.0 Å². The van der Waals surface area contributed by atoms with E-state index in [1.165, 1.54) is 28.2 Å². The van der Waals surface area contributed by atoms with Crippen molar-refractivity contribution < 1.29 is 23.1 Å². The van der Waals surface area contributed by atoms with Gasteiger partial charge in [-0.25, -0.2) is 4.39 Å². The van der Waals surface area contributed by atoms with E-state index in [1.54, 1.807) is 67.8 Å². The molecule has 0 saturated heterocycles. The highest BCUT2D eigenvalue weighted by Gasteiger charge is 2.24. The van der Waals surface area contributed by atoms with Gasteiger partial charge < -0.3 is 19.0 Å². The van der Waals surface area contributed by atoms with E-state index in [0.717, 1.165) is 0 Å². The van der Waals surface area contributed by atoms with Gasteiger partial charge in [0, 0.05) is 37.4 Å². The molecule has 7 nitrogen and oxygen atoms in total. The second-order valence-electron chi connectivity index (χ2n) is 9.05. The smallest absolute Gasteiger partial charge is 0.254 e. The Morgan fingerprint density at radius 1 is 0.974 bits per heavy atom. The summed E-state index contributed by atoms with van der Waals surface area (Å²) in [5.74, 6) is -1.14. The molecular formula is C30H28ClFN2O5. The number of ether oxygens (including phenoxy) is 1. The van der Waals surface area contributed by atoms with Gasteiger partial charge in [-0.05, 0) is 54.4 Å². The highest BCUT2D eigenvalue weighted by molar-refractivity contribution is 6.31. The predicted octanol–water partition coefficient (Wildman–Crippen LogP) is 5.29. The lowest BCUT2D eigenvalue weighted by Crippen LogP contribution is -2.43. The quantitative estimate of drug-likeness (QED) is 0.237. The number of hydrogen-bond donors (Lipinski definition) is 0. The van der Waals surface area contributed by atoms with E-state index in [4.69, 9.17) is 20.8 Å². The van der Waals surface area contributed by atoms with Crippen molar-refractivity contribution >= 4 is 34.4 Å². The van der Waals surface area contributed by atoms with Gasteiger partial charge in [-0.15, -0.1) is 0 Å². The van der Waals surface area contributed by atoms with E-state index in [1.807, 2.05) is 0 Å². The molecule has 0 N–H and O–H groups in total. The SMILES string of the molecule is COCCCN(CC(=O)N(Cc1ccc(F)cc1)Cc1coc2ccccc2c1=O)C(=O)c1cccc(Cl)c1. The summed E-state index contributed by atoms with van der Waals surface area (Å²) in [6, 6.07) is 19.2. The van der Waals surface area contributed by atoms with Crippen LogP contribution in [0.4, 0.5) is 4.39 Å². The number of fused-ring (bicyclic) bond motifs is 1. The van der Waals surface area contributed by atoms with Crippen LogP contribution in [0.1, 0.15) is 27.9 Å². The number of methoxy groups -OCH3 is 1. The molecule has 0 spiro atoms. The van der Waals surface area contributed by atoms with Crippen molar-refractivity contribution in [2.24, 2.45) is 0 Å². The number of rotatable bonds is 11. The molecule has 4 aromatic rings. The fourth-order valence-electron chi connectivity index (χ4n) is 4.19. The van der Waals surface area contributed by atoms with Crippen LogP contribution in [0.25, 0.3) is 11.0 Å². The van der Waals surface area contributed by atoms with Crippen molar-refractivity contribution in [2.45, 2.75) is 19.5 Å². The first-order valence-corrected chi connectivity index (χ1v) is 12.8. The standard InChI is InChI=1S/C30H28ClFN2O5/c1-38-15-5-14-33(30(37)22-6-4-7-24(31)16-22)19-28(35)34(17-21-10-12-25(32)13-11-21)18-23-20-39-27-9-3-2-8-26(27)29(23)36/h2-4,6-13,16,20H,5,14-15,17-19H2,1H3. The van der Waals surface area contributed by atoms with Gasteiger partial charge in [0.25, 0.3) is 5.91 Å². The number of carbonyl (C=O) groups excluding carboxylic acids is 2. The zero-order chi connectivity index (χ0) is 27.8. The molecule has 39 heavy (non-hydrogen) atoms. The number of benzene rings is 3. The Labute approximate surface area is 230 Å². The first-order valence-electron chi connectivity index (χ1n) is 12.4. The molecule has 0 radical (unpaired) electrons. The Morgan fingerprint density at radius 3 is 2.49 bits per heavy atom. The van der Waals surface area contributed by atoms with Crippen LogP contribution in [0.3, 0.4) is 0 Å². The van der Waals surface area contributed by atoms with E-state index in [0.29, 0.717) is 40.1 Å². The zero-order valence-corrected chi connectivity index (χ0v) is 22.2. The highest BCUT2D eigenvalue weighted by atomic mass is 35.5. The number of halogens is 2. The van der Waals surface area contributed by atoms with Crippen molar-refractivity contribution in [2.75, 3.05) is 26.8 Å². The summed E-state index contributed by atoms with van der Waals surface area (Å²) in [6.07, 6.45) is 1.87. The topological polar surface area (TPSA) is 80.1 Å². The maximum atomic E-state index is 13.7.